The molecule has 5 heteroatoms. The van der Waals surface area contributed by atoms with Gasteiger partial charge in [0, 0.05) is 5.69 Å². The first-order chi connectivity index (χ1) is 13.3. The van der Waals surface area contributed by atoms with Crippen molar-refractivity contribution in [1.82, 2.24) is 0 Å². The number of anilines is 1. The molecule has 0 radical (unpaired) electrons. The summed E-state index contributed by atoms with van der Waals surface area (Å²) in [4.78, 5) is 12.6. The maximum Gasteiger partial charge on any atom is 0.291 e. The Morgan fingerprint density at radius 2 is 1.86 bits per heavy atom. The standard InChI is InChI=1S/C23H25NO4/c1-14(2)18-12-19(16(4)11-20(18)25)24-23(26)22-10-9-17(28-22)13-27-21-8-6-5-7-15(21)3/h5-12,14,25H,13H2,1-4H3,(H,24,26). The number of rotatable bonds is 6. The van der Waals surface area contributed by atoms with Crippen LogP contribution >= 0.6 is 0 Å². The van der Waals surface area contributed by atoms with E-state index in [1.54, 1.807) is 24.3 Å². The fourth-order valence-corrected chi connectivity index (χ4v) is 2.94. The summed E-state index contributed by atoms with van der Waals surface area (Å²) < 4.78 is 11.4. The number of furan rings is 1. The van der Waals surface area contributed by atoms with Crippen molar-refractivity contribution in [2.75, 3.05) is 5.32 Å². The number of aryl methyl sites for hydroxylation is 2. The van der Waals surface area contributed by atoms with Crippen LogP contribution in [0.25, 0.3) is 0 Å². The van der Waals surface area contributed by atoms with Gasteiger partial charge in [0.1, 0.15) is 23.9 Å². The molecule has 1 aromatic heterocycles. The first-order valence-electron chi connectivity index (χ1n) is 9.27. The molecular weight excluding hydrogens is 354 g/mol. The molecule has 2 aromatic carbocycles. The number of phenols is 1. The molecule has 0 atom stereocenters. The van der Waals surface area contributed by atoms with Crippen LogP contribution in [0.1, 0.15) is 52.8 Å². The lowest BCUT2D eigenvalue weighted by atomic mass is 9.99. The van der Waals surface area contributed by atoms with Gasteiger partial charge < -0.3 is 19.6 Å². The van der Waals surface area contributed by atoms with Crippen LogP contribution < -0.4 is 10.1 Å². The molecule has 0 aliphatic heterocycles. The molecule has 0 fully saturated rings. The topological polar surface area (TPSA) is 71.7 Å². The van der Waals surface area contributed by atoms with E-state index < -0.39 is 0 Å². The van der Waals surface area contributed by atoms with Crippen LogP contribution in [0, 0.1) is 13.8 Å². The second-order valence-electron chi connectivity index (χ2n) is 7.15. The van der Waals surface area contributed by atoms with Crippen molar-refractivity contribution < 1.29 is 19.1 Å². The SMILES string of the molecule is Cc1cc(O)c(C(C)C)cc1NC(=O)c1ccc(COc2ccccc2C)o1. The zero-order valence-electron chi connectivity index (χ0n) is 16.6. The maximum absolute atomic E-state index is 12.6. The molecule has 0 aliphatic carbocycles. The summed E-state index contributed by atoms with van der Waals surface area (Å²) in [6.45, 7) is 8.03. The monoisotopic (exact) mass is 379 g/mol. The lowest BCUT2D eigenvalue weighted by Gasteiger charge is -2.14. The fourth-order valence-electron chi connectivity index (χ4n) is 2.94. The predicted octanol–water partition coefficient (Wildman–Crippen LogP) is 5.56. The summed E-state index contributed by atoms with van der Waals surface area (Å²) >= 11 is 0. The van der Waals surface area contributed by atoms with Gasteiger partial charge in [-0.1, -0.05) is 32.0 Å². The molecule has 1 heterocycles. The van der Waals surface area contributed by atoms with E-state index in [1.165, 1.54) is 0 Å². The van der Waals surface area contributed by atoms with Gasteiger partial charge in [0.05, 0.1) is 0 Å². The Kier molecular flexibility index (Phi) is 5.73. The normalized spacial score (nSPS) is 10.9. The minimum Gasteiger partial charge on any atom is -0.508 e. The molecule has 0 bridgehead atoms. The third kappa shape index (κ3) is 4.36. The number of nitrogens with one attached hydrogen (secondary N) is 1. The molecule has 3 rings (SSSR count). The second-order valence-corrected chi connectivity index (χ2v) is 7.15. The minimum atomic E-state index is -0.342. The van der Waals surface area contributed by atoms with E-state index in [0.717, 1.165) is 22.4 Å². The number of para-hydroxylation sites is 1. The first kappa shape index (κ1) is 19.5. The van der Waals surface area contributed by atoms with Gasteiger partial charge in [0.2, 0.25) is 0 Å². The zero-order chi connectivity index (χ0) is 20.3. The summed E-state index contributed by atoms with van der Waals surface area (Å²) in [5.74, 6) is 1.60. The summed E-state index contributed by atoms with van der Waals surface area (Å²) in [6, 6.07) is 14.6. The largest absolute Gasteiger partial charge is 0.508 e. The highest BCUT2D eigenvalue weighted by molar-refractivity contribution is 6.02. The number of aromatic hydroxyl groups is 1. The summed E-state index contributed by atoms with van der Waals surface area (Å²) in [7, 11) is 0. The van der Waals surface area contributed by atoms with Gasteiger partial charge in [0.25, 0.3) is 5.91 Å². The van der Waals surface area contributed by atoms with Crippen LogP contribution in [0.3, 0.4) is 0 Å². The van der Waals surface area contributed by atoms with Crippen molar-refractivity contribution in [3.63, 3.8) is 0 Å². The van der Waals surface area contributed by atoms with Gasteiger partial charge in [-0.05, 0) is 66.8 Å². The maximum atomic E-state index is 12.6. The molecule has 0 saturated carbocycles. The number of hydrogen-bond donors (Lipinski definition) is 2. The van der Waals surface area contributed by atoms with Crippen LogP contribution in [-0.2, 0) is 6.61 Å². The number of hydrogen-bond acceptors (Lipinski definition) is 4. The smallest absolute Gasteiger partial charge is 0.291 e. The van der Waals surface area contributed by atoms with Crippen molar-refractivity contribution in [3.05, 3.63) is 76.7 Å². The van der Waals surface area contributed by atoms with Gasteiger partial charge in [-0.2, -0.15) is 0 Å². The molecule has 0 unspecified atom stereocenters. The van der Waals surface area contributed by atoms with Crippen molar-refractivity contribution in [2.24, 2.45) is 0 Å². The summed E-state index contributed by atoms with van der Waals surface area (Å²) in [5, 5.41) is 12.9. The van der Waals surface area contributed by atoms with E-state index in [9.17, 15) is 9.90 Å². The molecular formula is C23H25NO4. The Bertz CT molecular complexity index is 988. The second kappa shape index (κ2) is 8.21. The zero-order valence-corrected chi connectivity index (χ0v) is 16.6. The van der Waals surface area contributed by atoms with Gasteiger partial charge in [-0.15, -0.1) is 0 Å². The van der Waals surface area contributed by atoms with Crippen LogP contribution in [-0.4, -0.2) is 11.0 Å². The third-order valence-corrected chi connectivity index (χ3v) is 4.59. The molecule has 146 valence electrons. The Hall–Kier alpha value is -3.21. The predicted molar refractivity (Wildman–Crippen MR) is 109 cm³/mol. The Morgan fingerprint density at radius 3 is 2.57 bits per heavy atom. The average Bonchev–Trinajstić information content (AvgIpc) is 3.12. The highest BCUT2D eigenvalue weighted by atomic mass is 16.5. The van der Waals surface area contributed by atoms with Gasteiger partial charge in [-0.25, -0.2) is 0 Å². The summed E-state index contributed by atoms with van der Waals surface area (Å²) in [6.07, 6.45) is 0. The number of ether oxygens (including phenoxy) is 1. The molecule has 0 spiro atoms. The van der Waals surface area contributed by atoms with Crippen LogP contribution in [0.4, 0.5) is 5.69 Å². The van der Waals surface area contributed by atoms with Crippen LogP contribution in [0.5, 0.6) is 11.5 Å². The lowest BCUT2D eigenvalue weighted by molar-refractivity contribution is 0.0992. The van der Waals surface area contributed by atoms with Gasteiger partial charge in [-0.3, -0.25) is 4.79 Å². The van der Waals surface area contributed by atoms with E-state index in [0.29, 0.717) is 11.4 Å². The Labute approximate surface area is 165 Å². The summed E-state index contributed by atoms with van der Waals surface area (Å²) in [5.41, 5.74) is 3.26. The van der Waals surface area contributed by atoms with E-state index in [1.807, 2.05) is 52.0 Å². The Morgan fingerprint density at radius 1 is 1.11 bits per heavy atom. The van der Waals surface area contributed by atoms with E-state index >= 15 is 0 Å². The first-order valence-corrected chi connectivity index (χ1v) is 9.27. The van der Waals surface area contributed by atoms with E-state index in [-0.39, 0.29) is 29.9 Å². The highest BCUT2D eigenvalue weighted by Gasteiger charge is 2.16. The van der Waals surface area contributed by atoms with Gasteiger partial charge in [0.15, 0.2) is 5.76 Å². The van der Waals surface area contributed by atoms with Crippen LogP contribution in [0.15, 0.2) is 52.9 Å². The molecule has 2 N–H and O–H groups in total. The van der Waals surface area contributed by atoms with Crippen molar-refractivity contribution in [1.29, 1.82) is 0 Å². The highest BCUT2D eigenvalue weighted by Crippen LogP contribution is 2.31. The van der Waals surface area contributed by atoms with E-state index in [4.69, 9.17) is 9.15 Å². The van der Waals surface area contributed by atoms with Crippen molar-refractivity contribution in [3.8, 4) is 11.5 Å². The average molecular weight is 379 g/mol. The molecule has 0 saturated heterocycles. The number of carbonyl (C=O) groups is 1. The quantitative estimate of drug-likeness (QED) is 0.550. The van der Waals surface area contributed by atoms with Crippen molar-refractivity contribution in [2.45, 2.75) is 40.2 Å². The molecule has 28 heavy (non-hydrogen) atoms. The van der Waals surface area contributed by atoms with Crippen LogP contribution in [0.2, 0.25) is 0 Å². The molecule has 1 amide bonds. The van der Waals surface area contributed by atoms with Gasteiger partial charge >= 0.3 is 0 Å². The number of benzene rings is 2. The Balaban J connectivity index is 1.69. The number of carbonyl (C=O) groups excluding carboxylic acids is 1. The number of amides is 1. The minimum absolute atomic E-state index is 0.144. The fraction of sp³-hybridized carbons (Fsp3) is 0.261. The third-order valence-electron chi connectivity index (χ3n) is 4.59. The van der Waals surface area contributed by atoms with E-state index in [2.05, 4.69) is 5.32 Å². The molecule has 5 nitrogen and oxygen atoms in total. The van der Waals surface area contributed by atoms with Crippen molar-refractivity contribution >= 4 is 11.6 Å². The number of phenolic OH excluding ortho intramolecular Hbond substituents is 1. The lowest BCUT2D eigenvalue weighted by Crippen LogP contribution is -2.12. The molecule has 3 aromatic rings. The molecule has 0 aliphatic rings.